The van der Waals surface area contributed by atoms with Gasteiger partial charge in [-0.1, -0.05) is 0 Å². The molecule has 0 aliphatic carbocycles. The second-order valence-electron chi connectivity index (χ2n) is 4.01. The van der Waals surface area contributed by atoms with Crippen molar-refractivity contribution < 1.29 is 9.18 Å². The first-order chi connectivity index (χ1) is 6.72. The molecule has 0 saturated carbocycles. The second kappa shape index (κ2) is 3.82. The van der Waals surface area contributed by atoms with Crippen LogP contribution in [-0.4, -0.2) is 48.7 Å². The predicted octanol–water partition coefficient (Wildman–Crippen LogP) is -0.754. The normalized spacial score (nSPS) is 37.0. The molecule has 80 valence electrons. The molecule has 2 aliphatic heterocycles. The van der Waals surface area contributed by atoms with Gasteiger partial charge in [-0.3, -0.25) is 4.79 Å². The van der Waals surface area contributed by atoms with Crippen molar-refractivity contribution in [1.82, 2.24) is 10.2 Å². The van der Waals surface area contributed by atoms with Crippen LogP contribution in [0.3, 0.4) is 0 Å². The van der Waals surface area contributed by atoms with Crippen LogP contribution in [-0.2, 0) is 4.79 Å². The Labute approximate surface area is 82.6 Å². The van der Waals surface area contributed by atoms with Gasteiger partial charge in [-0.25, -0.2) is 4.39 Å². The molecule has 2 saturated heterocycles. The van der Waals surface area contributed by atoms with Crippen LogP contribution < -0.4 is 11.1 Å². The molecule has 3 atom stereocenters. The van der Waals surface area contributed by atoms with Crippen LogP contribution in [0, 0.1) is 0 Å². The molecule has 1 amide bonds. The monoisotopic (exact) mass is 201 g/mol. The Bertz CT molecular complexity index is 232. The Morgan fingerprint density at radius 1 is 1.64 bits per heavy atom. The fourth-order valence-electron chi connectivity index (χ4n) is 2.05. The highest BCUT2D eigenvalue weighted by Gasteiger charge is 2.38. The van der Waals surface area contributed by atoms with E-state index in [1.807, 2.05) is 0 Å². The number of carbonyl (C=O) groups is 1. The molecular formula is C9H16FN3O. The quantitative estimate of drug-likeness (QED) is 0.618. The molecule has 2 fully saturated rings. The molecule has 0 aromatic carbocycles. The van der Waals surface area contributed by atoms with Crippen LogP contribution in [0.15, 0.2) is 0 Å². The highest BCUT2D eigenvalue weighted by Crippen LogP contribution is 2.21. The maximum Gasteiger partial charge on any atom is 0.240 e. The van der Waals surface area contributed by atoms with Gasteiger partial charge in [0.05, 0.1) is 12.6 Å². The van der Waals surface area contributed by atoms with Gasteiger partial charge in [0.1, 0.15) is 6.17 Å². The van der Waals surface area contributed by atoms with E-state index in [2.05, 4.69) is 5.32 Å². The van der Waals surface area contributed by atoms with Gasteiger partial charge in [0.15, 0.2) is 0 Å². The third-order valence-electron chi connectivity index (χ3n) is 3.04. The Hall–Kier alpha value is -0.680. The molecule has 3 N–H and O–H groups in total. The number of amides is 1. The first-order valence-electron chi connectivity index (χ1n) is 5.10. The van der Waals surface area contributed by atoms with Crippen LogP contribution in [0.2, 0.25) is 0 Å². The maximum absolute atomic E-state index is 13.1. The minimum atomic E-state index is -0.896. The van der Waals surface area contributed by atoms with E-state index in [1.165, 1.54) is 0 Å². The highest BCUT2D eigenvalue weighted by atomic mass is 19.1. The van der Waals surface area contributed by atoms with E-state index in [4.69, 9.17) is 5.73 Å². The lowest BCUT2D eigenvalue weighted by atomic mass is 10.1. The fraction of sp³-hybridized carbons (Fsp3) is 0.889. The fourth-order valence-corrected chi connectivity index (χ4v) is 2.05. The van der Waals surface area contributed by atoms with Crippen LogP contribution in [0.4, 0.5) is 4.39 Å². The summed E-state index contributed by atoms with van der Waals surface area (Å²) in [4.78, 5) is 13.4. The first-order valence-corrected chi connectivity index (χ1v) is 5.10. The van der Waals surface area contributed by atoms with Crippen LogP contribution >= 0.6 is 0 Å². The van der Waals surface area contributed by atoms with E-state index in [-0.39, 0.29) is 24.5 Å². The minimum absolute atomic E-state index is 0.0202. The molecule has 14 heavy (non-hydrogen) atoms. The third-order valence-corrected chi connectivity index (χ3v) is 3.04. The summed E-state index contributed by atoms with van der Waals surface area (Å²) < 4.78 is 13.1. The summed E-state index contributed by atoms with van der Waals surface area (Å²) in [5.74, 6) is 0.0202. The number of hydrogen-bond acceptors (Lipinski definition) is 3. The lowest BCUT2D eigenvalue weighted by molar-refractivity contribution is -0.136. The summed E-state index contributed by atoms with van der Waals surface area (Å²) in [6.07, 6.45) is 0.367. The SMILES string of the molecule is NC[C@@H]1C[C@H](F)CN1C(=O)[C@H]1CCN1. The van der Waals surface area contributed by atoms with Crippen molar-refractivity contribution in [2.24, 2.45) is 5.73 Å². The standard InChI is InChI=1S/C9H16FN3O/c10-6-3-7(4-11)13(5-6)9(14)8-1-2-12-8/h6-8,12H,1-5,11H2/t6-,7-,8+/m0/s1. The van der Waals surface area contributed by atoms with E-state index in [9.17, 15) is 9.18 Å². The Morgan fingerprint density at radius 3 is 2.86 bits per heavy atom. The molecule has 0 bridgehead atoms. The predicted molar refractivity (Wildman–Crippen MR) is 50.5 cm³/mol. The lowest BCUT2D eigenvalue weighted by Crippen LogP contribution is -2.56. The van der Waals surface area contributed by atoms with Crippen molar-refractivity contribution in [2.45, 2.75) is 31.1 Å². The zero-order chi connectivity index (χ0) is 10.1. The van der Waals surface area contributed by atoms with Crippen molar-refractivity contribution in [1.29, 1.82) is 0 Å². The van der Waals surface area contributed by atoms with Gasteiger partial charge in [0, 0.05) is 19.0 Å². The number of likely N-dealkylation sites (tertiary alicyclic amines) is 1. The molecule has 2 rings (SSSR count). The Balaban J connectivity index is 1.97. The summed E-state index contributed by atoms with van der Waals surface area (Å²) in [7, 11) is 0. The van der Waals surface area contributed by atoms with Gasteiger partial charge < -0.3 is 16.0 Å². The van der Waals surface area contributed by atoms with Crippen LogP contribution in [0.5, 0.6) is 0 Å². The molecule has 0 spiro atoms. The number of carbonyl (C=O) groups excluding carboxylic acids is 1. The van der Waals surface area contributed by atoms with Crippen molar-refractivity contribution in [3.63, 3.8) is 0 Å². The van der Waals surface area contributed by atoms with Crippen LogP contribution in [0.25, 0.3) is 0 Å². The average Bonchev–Trinajstić information content (AvgIpc) is 2.43. The van der Waals surface area contributed by atoms with Gasteiger partial charge in [-0.15, -0.1) is 0 Å². The topological polar surface area (TPSA) is 58.4 Å². The summed E-state index contributed by atoms with van der Waals surface area (Å²) in [6.45, 7) is 1.47. The Morgan fingerprint density at radius 2 is 2.36 bits per heavy atom. The molecule has 0 aromatic heterocycles. The zero-order valence-corrected chi connectivity index (χ0v) is 8.08. The summed E-state index contributed by atoms with van der Waals surface area (Å²) in [5.41, 5.74) is 5.50. The molecule has 2 aliphatic rings. The van der Waals surface area contributed by atoms with Gasteiger partial charge in [-0.05, 0) is 13.0 Å². The van der Waals surface area contributed by atoms with Crippen molar-refractivity contribution in [3.05, 3.63) is 0 Å². The van der Waals surface area contributed by atoms with Gasteiger partial charge in [0.2, 0.25) is 5.91 Å². The van der Waals surface area contributed by atoms with E-state index >= 15 is 0 Å². The maximum atomic E-state index is 13.1. The van der Waals surface area contributed by atoms with E-state index in [0.29, 0.717) is 13.0 Å². The lowest BCUT2D eigenvalue weighted by Gasteiger charge is -2.33. The summed E-state index contributed by atoms with van der Waals surface area (Å²) in [5, 5.41) is 3.03. The number of halogens is 1. The molecular weight excluding hydrogens is 185 g/mol. The molecule has 0 radical (unpaired) electrons. The number of nitrogens with zero attached hydrogens (tertiary/aromatic N) is 1. The summed E-state index contributed by atoms with van der Waals surface area (Å²) >= 11 is 0. The number of rotatable bonds is 2. The van der Waals surface area contributed by atoms with Crippen molar-refractivity contribution in [3.8, 4) is 0 Å². The second-order valence-corrected chi connectivity index (χ2v) is 4.01. The first kappa shape index (κ1) is 9.86. The number of alkyl halides is 1. The van der Waals surface area contributed by atoms with Crippen LogP contribution in [0.1, 0.15) is 12.8 Å². The molecule has 5 heteroatoms. The van der Waals surface area contributed by atoms with Crippen molar-refractivity contribution >= 4 is 5.91 Å². The molecule has 0 aromatic rings. The van der Waals surface area contributed by atoms with E-state index in [1.54, 1.807) is 4.90 Å². The smallest absolute Gasteiger partial charge is 0.240 e. The van der Waals surface area contributed by atoms with E-state index in [0.717, 1.165) is 13.0 Å². The number of nitrogens with two attached hydrogens (primary N) is 1. The number of hydrogen-bond donors (Lipinski definition) is 2. The molecule has 2 heterocycles. The highest BCUT2D eigenvalue weighted by molar-refractivity contribution is 5.83. The van der Waals surface area contributed by atoms with E-state index < -0.39 is 6.17 Å². The zero-order valence-electron chi connectivity index (χ0n) is 8.08. The van der Waals surface area contributed by atoms with Gasteiger partial charge in [0.25, 0.3) is 0 Å². The average molecular weight is 201 g/mol. The molecule has 4 nitrogen and oxygen atoms in total. The van der Waals surface area contributed by atoms with Gasteiger partial charge >= 0.3 is 0 Å². The third kappa shape index (κ3) is 1.62. The molecule has 0 unspecified atom stereocenters. The minimum Gasteiger partial charge on any atom is -0.334 e. The number of nitrogens with one attached hydrogen (secondary N) is 1. The largest absolute Gasteiger partial charge is 0.334 e. The van der Waals surface area contributed by atoms with Crippen molar-refractivity contribution in [2.75, 3.05) is 19.6 Å². The Kier molecular flexibility index (Phi) is 2.69. The van der Waals surface area contributed by atoms with Gasteiger partial charge in [-0.2, -0.15) is 0 Å². The summed E-state index contributed by atoms with van der Waals surface area (Å²) in [6, 6.07) is -0.186.